The zero-order valence-electron chi connectivity index (χ0n) is 10.8. The van der Waals surface area contributed by atoms with Crippen LogP contribution in [0.5, 0.6) is 0 Å². The predicted molar refractivity (Wildman–Crippen MR) is 66.0 cm³/mol. The van der Waals surface area contributed by atoms with Gasteiger partial charge in [-0.05, 0) is 61.7 Å². The number of aliphatic hydroxyl groups is 1. The van der Waals surface area contributed by atoms with Crippen LogP contribution >= 0.6 is 0 Å². The van der Waals surface area contributed by atoms with Crippen LogP contribution in [0.2, 0.25) is 0 Å². The molecule has 3 rings (SSSR count). The minimum Gasteiger partial charge on any atom is -0.390 e. The van der Waals surface area contributed by atoms with Crippen molar-refractivity contribution in [3.63, 3.8) is 0 Å². The SMILES string of the molecule is C=C1CC[C@@]2(C)C[C@@]2(C)[C@H]2[C@H]1CC[C@]2(C)O. The van der Waals surface area contributed by atoms with Gasteiger partial charge >= 0.3 is 0 Å². The van der Waals surface area contributed by atoms with Crippen LogP contribution in [-0.2, 0) is 0 Å². The molecular formula is C15H24O. The van der Waals surface area contributed by atoms with E-state index in [1.54, 1.807) is 0 Å². The Hall–Kier alpha value is -0.300. The van der Waals surface area contributed by atoms with E-state index in [4.69, 9.17) is 0 Å². The molecule has 0 amide bonds. The summed E-state index contributed by atoms with van der Waals surface area (Å²) in [6.07, 6.45) is 5.90. The highest BCUT2D eigenvalue weighted by molar-refractivity contribution is 5.26. The third-order valence-corrected chi connectivity index (χ3v) is 6.25. The monoisotopic (exact) mass is 220 g/mol. The van der Waals surface area contributed by atoms with Crippen molar-refractivity contribution in [3.8, 4) is 0 Å². The van der Waals surface area contributed by atoms with E-state index < -0.39 is 5.60 Å². The minimum absolute atomic E-state index is 0.372. The number of fused-ring (bicyclic) bond motifs is 3. The largest absolute Gasteiger partial charge is 0.390 e. The molecule has 1 nitrogen and oxygen atoms in total. The van der Waals surface area contributed by atoms with Gasteiger partial charge in [-0.2, -0.15) is 0 Å². The van der Waals surface area contributed by atoms with Crippen molar-refractivity contribution in [1.82, 2.24) is 0 Å². The first-order valence-electron chi connectivity index (χ1n) is 6.70. The molecule has 3 saturated carbocycles. The minimum atomic E-state index is -0.454. The topological polar surface area (TPSA) is 20.2 Å². The lowest BCUT2D eigenvalue weighted by atomic mass is 9.72. The summed E-state index contributed by atoms with van der Waals surface area (Å²) in [6, 6.07) is 0. The van der Waals surface area contributed by atoms with Gasteiger partial charge in [0.05, 0.1) is 5.60 Å². The molecule has 1 heteroatoms. The lowest BCUT2D eigenvalue weighted by molar-refractivity contribution is -0.0238. The van der Waals surface area contributed by atoms with E-state index in [1.165, 1.54) is 24.8 Å². The summed E-state index contributed by atoms with van der Waals surface area (Å²) < 4.78 is 0. The van der Waals surface area contributed by atoms with Crippen molar-refractivity contribution >= 4 is 0 Å². The molecule has 0 spiro atoms. The molecule has 1 N–H and O–H groups in total. The molecule has 0 aliphatic heterocycles. The standard InChI is InChI=1S/C15H24O/c1-10-5-7-13(2)9-14(13,3)12-11(10)6-8-15(12,4)16/h11-12,16H,1,5-9H2,2-4H3/t11-,12+,13-,14-,15-/m0/s1. The Morgan fingerprint density at radius 2 is 1.94 bits per heavy atom. The van der Waals surface area contributed by atoms with Crippen molar-refractivity contribution in [2.45, 2.75) is 58.5 Å². The molecule has 0 bridgehead atoms. The lowest BCUT2D eigenvalue weighted by Crippen LogP contribution is -2.39. The Labute approximate surface area is 98.9 Å². The second-order valence-corrected chi connectivity index (χ2v) is 7.29. The van der Waals surface area contributed by atoms with Crippen LogP contribution in [0.4, 0.5) is 0 Å². The number of hydrogen-bond donors (Lipinski definition) is 1. The maximum Gasteiger partial charge on any atom is 0.0659 e. The summed E-state index contributed by atoms with van der Waals surface area (Å²) in [7, 11) is 0. The van der Waals surface area contributed by atoms with Crippen molar-refractivity contribution in [2.75, 3.05) is 0 Å². The Morgan fingerprint density at radius 1 is 1.25 bits per heavy atom. The molecule has 16 heavy (non-hydrogen) atoms. The van der Waals surface area contributed by atoms with Crippen LogP contribution in [-0.4, -0.2) is 10.7 Å². The average molecular weight is 220 g/mol. The molecule has 0 aromatic carbocycles. The maximum atomic E-state index is 10.7. The van der Waals surface area contributed by atoms with Crippen LogP contribution in [0.3, 0.4) is 0 Å². The van der Waals surface area contributed by atoms with Crippen molar-refractivity contribution in [1.29, 1.82) is 0 Å². The molecule has 0 saturated heterocycles. The summed E-state index contributed by atoms with van der Waals surface area (Å²) >= 11 is 0. The molecule has 0 unspecified atom stereocenters. The maximum absolute atomic E-state index is 10.7. The summed E-state index contributed by atoms with van der Waals surface area (Å²) in [5, 5.41) is 10.7. The van der Waals surface area contributed by atoms with Crippen LogP contribution < -0.4 is 0 Å². The molecule has 5 atom stereocenters. The fraction of sp³-hybridized carbons (Fsp3) is 0.867. The molecule has 0 radical (unpaired) electrons. The summed E-state index contributed by atoms with van der Waals surface area (Å²) in [5.74, 6) is 1.05. The molecule has 3 aliphatic rings. The fourth-order valence-corrected chi connectivity index (χ4v) is 5.02. The van der Waals surface area contributed by atoms with Crippen molar-refractivity contribution in [2.24, 2.45) is 22.7 Å². The van der Waals surface area contributed by atoms with Gasteiger partial charge in [0.25, 0.3) is 0 Å². The van der Waals surface area contributed by atoms with Gasteiger partial charge in [0.1, 0.15) is 0 Å². The lowest BCUT2D eigenvalue weighted by Gasteiger charge is -2.36. The van der Waals surface area contributed by atoms with E-state index in [1.807, 2.05) is 0 Å². The molecule has 90 valence electrons. The fourth-order valence-electron chi connectivity index (χ4n) is 5.02. The molecule has 3 fully saturated rings. The van der Waals surface area contributed by atoms with E-state index in [0.29, 0.717) is 22.7 Å². The summed E-state index contributed by atoms with van der Waals surface area (Å²) in [6.45, 7) is 11.2. The average Bonchev–Trinajstić information content (AvgIpc) is 2.57. The summed E-state index contributed by atoms with van der Waals surface area (Å²) in [4.78, 5) is 0. The zero-order valence-corrected chi connectivity index (χ0v) is 10.8. The molecule has 3 aliphatic carbocycles. The van der Waals surface area contributed by atoms with Gasteiger partial charge < -0.3 is 5.11 Å². The zero-order chi connectivity index (χ0) is 11.8. The second kappa shape index (κ2) is 2.75. The molecule has 0 aromatic rings. The van der Waals surface area contributed by atoms with Gasteiger partial charge in [-0.3, -0.25) is 0 Å². The number of allylic oxidation sites excluding steroid dienone is 1. The first kappa shape index (κ1) is 10.8. The summed E-state index contributed by atoms with van der Waals surface area (Å²) in [5.41, 5.74) is 1.81. The van der Waals surface area contributed by atoms with E-state index in [9.17, 15) is 5.11 Å². The normalized spacial score (nSPS) is 60.1. The van der Waals surface area contributed by atoms with Crippen LogP contribution in [0, 0.1) is 22.7 Å². The molecular weight excluding hydrogens is 196 g/mol. The molecule has 0 aromatic heterocycles. The third kappa shape index (κ3) is 1.11. The van der Waals surface area contributed by atoms with Gasteiger partial charge in [0.15, 0.2) is 0 Å². The first-order valence-corrected chi connectivity index (χ1v) is 6.70. The smallest absolute Gasteiger partial charge is 0.0659 e. The van der Waals surface area contributed by atoms with Crippen molar-refractivity contribution < 1.29 is 5.11 Å². The molecule has 0 heterocycles. The predicted octanol–water partition coefficient (Wildman–Crippen LogP) is 3.53. The highest BCUT2D eigenvalue weighted by Crippen LogP contribution is 2.76. The van der Waals surface area contributed by atoms with Gasteiger partial charge in [-0.1, -0.05) is 26.0 Å². The van der Waals surface area contributed by atoms with E-state index >= 15 is 0 Å². The van der Waals surface area contributed by atoms with E-state index in [0.717, 1.165) is 12.8 Å². The Bertz CT molecular complexity index is 356. The quantitative estimate of drug-likeness (QED) is 0.619. The van der Waals surface area contributed by atoms with Crippen molar-refractivity contribution in [3.05, 3.63) is 12.2 Å². The van der Waals surface area contributed by atoms with Gasteiger partial charge in [0, 0.05) is 0 Å². The van der Waals surface area contributed by atoms with Gasteiger partial charge in [0.2, 0.25) is 0 Å². The van der Waals surface area contributed by atoms with Crippen LogP contribution in [0.1, 0.15) is 52.9 Å². The third-order valence-electron chi connectivity index (χ3n) is 6.25. The van der Waals surface area contributed by atoms with Gasteiger partial charge in [-0.25, -0.2) is 0 Å². The van der Waals surface area contributed by atoms with Gasteiger partial charge in [-0.15, -0.1) is 0 Å². The Balaban J connectivity index is 2.05. The number of hydrogen-bond acceptors (Lipinski definition) is 1. The highest BCUT2D eigenvalue weighted by Gasteiger charge is 2.70. The number of rotatable bonds is 0. The highest BCUT2D eigenvalue weighted by atomic mass is 16.3. The Kier molecular flexibility index (Phi) is 1.86. The van der Waals surface area contributed by atoms with Crippen LogP contribution in [0.15, 0.2) is 12.2 Å². The van der Waals surface area contributed by atoms with E-state index in [-0.39, 0.29) is 0 Å². The van der Waals surface area contributed by atoms with Crippen LogP contribution in [0.25, 0.3) is 0 Å². The second-order valence-electron chi connectivity index (χ2n) is 7.29. The van der Waals surface area contributed by atoms with E-state index in [2.05, 4.69) is 27.4 Å². The first-order chi connectivity index (χ1) is 7.30. The Morgan fingerprint density at radius 3 is 2.62 bits per heavy atom.